The molecule has 130 valence electrons. The Morgan fingerprint density at radius 1 is 1.25 bits per heavy atom. The van der Waals surface area contributed by atoms with E-state index in [0.717, 1.165) is 44.8 Å². The Labute approximate surface area is 144 Å². The molecule has 4 rings (SSSR count). The first kappa shape index (κ1) is 15.9. The van der Waals surface area contributed by atoms with Crippen molar-refractivity contribution in [2.24, 2.45) is 5.41 Å². The number of nitrogens with zero attached hydrogens (tertiary/aromatic N) is 2. The Balaban J connectivity index is 1.44. The second-order valence-electron chi connectivity index (χ2n) is 7.92. The first-order chi connectivity index (χ1) is 11.7. The predicted molar refractivity (Wildman–Crippen MR) is 93.9 cm³/mol. The van der Waals surface area contributed by atoms with Crippen molar-refractivity contribution in [3.05, 3.63) is 29.8 Å². The Kier molecular flexibility index (Phi) is 4.25. The maximum atomic E-state index is 12.2. The van der Waals surface area contributed by atoms with Gasteiger partial charge in [-0.05, 0) is 56.3 Å². The number of benzene rings is 1. The van der Waals surface area contributed by atoms with Gasteiger partial charge in [0.15, 0.2) is 0 Å². The lowest BCUT2D eigenvalue weighted by atomic mass is 9.73. The number of amides is 1. The molecule has 4 nitrogen and oxygen atoms in total. The van der Waals surface area contributed by atoms with Crippen LogP contribution in [-0.4, -0.2) is 48.5 Å². The van der Waals surface area contributed by atoms with Crippen LogP contribution in [0.2, 0.25) is 0 Å². The Hall–Kier alpha value is -1.55. The summed E-state index contributed by atoms with van der Waals surface area (Å²) in [6.45, 7) is 4.26. The van der Waals surface area contributed by atoms with E-state index in [0.29, 0.717) is 17.4 Å². The molecule has 2 heterocycles. The minimum Gasteiger partial charge on any atom is -0.497 e. The van der Waals surface area contributed by atoms with Crippen molar-refractivity contribution < 1.29 is 9.53 Å². The normalized spacial score (nSPS) is 28.4. The first-order valence-electron chi connectivity index (χ1n) is 9.32. The SMILES string of the molecule is COc1cccc(CN2CCC[C@]3(CCC(=O)N(C4CC4)C3)C2)c1. The van der Waals surface area contributed by atoms with Crippen molar-refractivity contribution in [3.63, 3.8) is 0 Å². The highest BCUT2D eigenvalue weighted by molar-refractivity contribution is 5.78. The van der Waals surface area contributed by atoms with E-state index in [9.17, 15) is 4.79 Å². The van der Waals surface area contributed by atoms with Crippen LogP contribution in [0.1, 0.15) is 44.1 Å². The van der Waals surface area contributed by atoms with Crippen molar-refractivity contribution in [1.82, 2.24) is 9.80 Å². The number of carbonyl (C=O) groups is 1. The van der Waals surface area contributed by atoms with Gasteiger partial charge in [0.25, 0.3) is 0 Å². The van der Waals surface area contributed by atoms with E-state index in [1.807, 2.05) is 6.07 Å². The summed E-state index contributed by atoms with van der Waals surface area (Å²) in [5.41, 5.74) is 1.64. The number of rotatable bonds is 4. The summed E-state index contributed by atoms with van der Waals surface area (Å²) < 4.78 is 5.35. The molecular weight excluding hydrogens is 300 g/mol. The number of likely N-dealkylation sites (tertiary alicyclic amines) is 2. The molecule has 1 spiro atoms. The van der Waals surface area contributed by atoms with Gasteiger partial charge in [0.2, 0.25) is 5.91 Å². The fourth-order valence-electron chi connectivity index (χ4n) is 4.57. The second-order valence-corrected chi connectivity index (χ2v) is 7.92. The fourth-order valence-corrected chi connectivity index (χ4v) is 4.57. The zero-order valence-corrected chi connectivity index (χ0v) is 14.7. The van der Waals surface area contributed by atoms with Gasteiger partial charge in [-0.25, -0.2) is 0 Å². The third-order valence-electron chi connectivity index (χ3n) is 5.96. The summed E-state index contributed by atoms with van der Waals surface area (Å²) in [6, 6.07) is 8.96. The minimum atomic E-state index is 0.327. The third-order valence-corrected chi connectivity index (χ3v) is 5.96. The minimum absolute atomic E-state index is 0.327. The molecule has 1 amide bonds. The van der Waals surface area contributed by atoms with Gasteiger partial charge >= 0.3 is 0 Å². The summed E-state index contributed by atoms with van der Waals surface area (Å²) >= 11 is 0. The van der Waals surface area contributed by atoms with Crippen LogP contribution >= 0.6 is 0 Å². The number of hydrogen-bond donors (Lipinski definition) is 0. The van der Waals surface area contributed by atoms with Crippen molar-refractivity contribution >= 4 is 5.91 Å². The maximum absolute atomic E-state index is 12.2. The van der Waals surface area contributed by atoms with Crippen LogP contribution in [0.4, 0.5) is 0 Å². The number of carbonyl (C=O) groups excluding carboxylic acids is 1. The van der Waals surface area contributed by atoms with Crippen LogP contribution in [0.25, 0.3) is 0 Å². The molecular formula is C20H28N2O2. The quantitative estimate of drug-likeness (QED) is 0.851. The van der Waals surface area contributed by atoms with Crippen molar-refractivity contribution in [3.8, 4) is 5.75 Å². The molecule has 0 aromatic heterocycles. The van der Waals surface area contributed by atoms with Gasteiger partial charge in [0.1, 0.15) is 5.75 Å². The number of piperidine rings is 2. The van der Waals surface area contributed by atoms with E-state index < -0.39 is 0 Å². The highest BCUT2D eigenvalue weighted by Gasteiger charge is 2.45. The zero-order chi connectivity index (χ0) is 16.6. The van der Waals surface area contributed by atoms with Crippen LogP contribution in [0.15, 0.2) is 24.3 Å². The summed E-state index contributed by atoms with van der Waals surface area (Å²) in [5.74, 6) is 1.33. The highest BCUT2D eigenvalue weighted by atomic mass is 16.5. The standard InChI is InChI=1S/C20H28N2O2/c1-24-18-5-2-4-16(12-18)13-21-11-3-9-20(14-21)10-8-19(23)22(15-20)17-6-7-17/h2,4-5,12,17H,3,6-11,13-15H2,1H3/t20-/m0/s1. The zero-order valence-electron chi connectivity index (χ0n) is 14.7. The van der Waals surface area contributed by atoms with Crippen LogP contribution in [0.5, 0.6) is 5.75 Å². The van der Waals surface area contributed by atoms with E-state index in [4.69, 9.17) is 4.74 Å². The molecule has 2 saturated heterocycles. The van der Waals surface area contributed by atoms with E-state index in [-0.39, 0.29) is 0 Å². The Morgan fingerprint density at radius 3 is 2.92 bits per heavy atom. The van der Waals surface area contributed by atoms with E-state index in [1.165, 1.54) is 31.2 Å². The van der Waals surface area contributed by atoms with Crippen LogP contribution in [-0.2, 0) is 11.3 Å². The average molecular weight is 328 g/mol. The van der Waals surface area contributed by atoms with E-state index >= 15 is 0 Å². The highest BCUT2D eigenvalue weighted by Crippen LogP contribution is 2.42. The van der Waals surface area contributed by atoms with Gasteiger partial charge in [-0.3, -0.25) is 9.69 Å². The van der Waals surface area contributed by atoms with Gasteiger partial charge in [-0.2, -0.15) is 0 Å². The van der Waals surface area contributed by atoms with Gasteiger partial charge in [-0.15, -0.1) is 0 Å². The molecule has 0 bridgehead atoms. The molecule has 4 heteroatoms. The molecule has 1 aromatic rings. The molecule has 3 fully saturated rings. The summed E-state index contributed by atoms with van der Waals surface area (Å²) in [5, 5.41) is 0. The fraction of sp³-hybridized carbons (Fsp3) is 0.650. The van der Waals surface area contributed by atoms with E-state index in [2.05, 4.69) is 28.0 Å². The van der Waals surface area contributed by atoms with Crippen molar-refractivity contribution in [1.29, 1.82) is 0 Å². The van der Waals surface area contributed by atoms with Crippen molar-refractivity contribution in [2.75, 3.05) is 26.7 Å². The summed E-state index contributed by atoms with van der Waals surface area (Å²) in [4.78, 5) is 17.0. The van der Waals surface area contributed by atoms with Gasteiger partial charge in [0.05, 0.1) is 7.11 Å². The molecule has 0 unspecified atom stereocenters. The van der Waals surface area contributed by atoms with Gasteiger partial charge < -0.3 is 9.64 Å². The average Bonchev–Trinajstić information content (AvgIpc) is 3.43. The summed E-state index contributed by atoms with van der Waals surface area (Å²) in [6.07, 6.45) is 6.78. The molecule has 3 aliphatic rings. The number of ether oxygens (including phenoxy) is 1. The van der Waals surface area contributed by atoms with E-state index in [1.54, 1.807) is 7.11 Å². The molecule has 1 aliphatic carbocycles. The smallest absolute Gasteiger partial charge is 0.222 e. The Bertz CT molecular complexity index is 613. The topological polar surface area (TPSA) is 32.8 Å². The second kappa shape index (κ2) is 6.40. The summed E-state index contributed by atoms with van der Waals surface area (Å²) in [7, 11) is 1.72. The lowest BCUT2D eigenvalue weighted by Gasteiger charge is -2.48. The largest absolute Gasteiger partial charge is 0.497 e. The molecule has 0 N–H and O–H groups in total. The van der Waals surface area contributed by atoms with Crippen LogP contribution < -0.4 is 4.74 Å². The van der Waals surface area contributed by atoms with Gasteiger partial charge in [0, 0.05) is 37.5 Å². The molecule has 1 aromatic carbocycles. The molecule has 0 radical (unpaired) electrons. The Morgan fingerprint density at radius 2 is 2.12 bits per heavy atom. The monoisotopic (exact) mass is 328 g/mol. The molecule has 1 saturated carbocycles. The third kappa shape index (κ3) is 3.30. The molecule has 1 atom stereocenters. The van der Waals surface area contributed by atoms with Crippen LogP contribution in [0, 0.1) is 5.41 Å². The van der Waals surface area contributed by atoms with Gasteiger partial charge in [-0.1, -0.05) is 12.1 Å². The molecule has 24 heavy (non-hydrogen) atoms. The maximum Gasteiger partial charge on any atom is 0.222 e. The lowest BCUT2D eigenvalue weighted by Crippen LogP contribution is -2.54. The predicted octanol–water partition coefficient (Wildman–Crippen LogP) is 3.06. The lowest BCUT2D eigenvalue weighted by molar-refractivity contribution is -0.140. The van der Waals surface area contributed by atoms with Crippen LogP contribution in [0.3, 0.4) is 0 Å². The first-order valence-corrected chi connectivity index (χ1v) is 9.32. The molecule has 2 aliphatic heterocycles. The number of hydrogen-bond acceptors (Lipinski definition) is 3. The number of methoxy groups -OCH3 is 1. The van der Waals surface area contributed by atoms with Crippen molar-refractivity contribution in [2.45, 2.75) is 51.1 Å².